The molecule has 0 heterocycles. The average Bonchev–Trinajstić information content (AvgIpc) is 2.41. The normalized spacial score (nSPS) is 16.6. The Labute approximate surface area is 154 Å². The van der Waals surface area contributed by atoms with Crippen LogP contribution in [0.1, 0.15) is 75.2 Å². The largest absolute Gasteiger partial charge is 0.306 e. The molecule has 0 aromatic heterocycles. The summed E-state index contributed by atoms with van der Waals surface area (Å²) >= 11 is 0. The Balaban J connectivity index is 4.35. The van der Waals surface area contributed by atoms with Crippen LogP contribution in [0.15, 0.2) is 0 Å². The summed E-state index contributed by atoms with van der Waals surface area (Å²) < 4.78 is 0. The minimum absolute atomic E-state index is 0.707. The molecule has 0 spiro atoms. The fourth-order valence-corrected chi connectivity index (χ4v) is 3.58. The van der Waals surface area contributed by atoms with Gasteiger partial charge in [-0.05, 0) is 62.9 Å². The minimum Gasteiger partial charge on any atom is -0.306 e. The van der Waals surface area contributed by atoms with Crippen molar-refractivity contribution in [2.75, 3.05) is 33.2 Å². The van der Waals surface area contributed by atoms with E-state index in [1.54, 1.807) is 0 Å². The molecule has 24 heavy (non-hydrogen) atoms. The van der Waals surface area contributed by atoms with Crippen molar-refractivity contribution in [1.82, 2.24) is 9.80 Å². The van der Waals surface area contributed by atoms with E-state index in [9.17, 15) is 0 Å². The van der Waals surface area contributed by atoms with Gasteiger partial charge in [-0.1, -0.05) is 55.4 Å². The first-order valence-corrected chi connectivity index (χ1v) is 10.4. The first kappa shape index (κ1) is 23.9. The van der Waals surface area contributed by atoms with E-state index in [0.29, 0.717) is 6.04 Å². The van der Waals surface area contributed by atoms with Crippen LogP contribution in [0.4, 0.5) is 0 Å². The van der Waals surface area contributed by atoms with Crippen LogP contribution in [-0.4, -0.2) is 49.1 Å². The minimum atomic E-state index is 0.707. The lowest BCUT2D eigenvalue weighted by Gasteiger charge is -2.33. The number of rotatable bonds is 13. The Bertz CT molecular complexity index is 298. The molecular formula is C22H48N2. The smallest absolute Gasteiger partial charge is 0.00694 e. The van der Waals surface area contributed by atoms with Gasteiger partial charge in [0, 0.05) is 25.7 Å². The molecule has 3 atom stereocenters. The summed E-state index contributed by atoms with van der Waals surface area (Å²) in [5, 5.41) is 0. The fourth-order valence-electron chi connectivity index (χ4n) is 3.58. The van der Waals surface area contributed by atoms with E-state index in [1.807, 2.05) is 0 Å². The quantitative estimate of drug-likeness (QED) is 0.429. The van der Waals surface area contributed by atoms with Gasteiger partial charge in [-0.15, -0.1) is 0 Å². The molecule has 0 aromatic rings. The third-order valence-corrected chi connectivity index (χ3v) is 5.31. The molecular weight excluding hydrogens is 292 g/mol. The zero-order valence-electron chi connectivity index (χ0n) is 18.6. The van der Waals surface area contributed by atoms with Crippen molar-refractivity contribution >= 4 is 0 Å². The summed E-state index contributed by atoms with van der Waals surface area (Å²) in [4.78, 5) is 5.28. The highest BCUT2D eigenvalue weighted by Gasteiger charge is 2.18. The predicted molar refractivity (Wildman–Crippen MR) is 111 cm³/mol. The molecule has 2 heteroatoms. The molecule has 3 unspecified atom stereocenters. The first-order valence-electron chi connectivity index (χ1n) is 10.4. The van der Waals surface area contributed by atoms with Gasteiger partial charge in [0.15, 0.2) is 0 Å². The van der Waals surface area contributed by atoms with Crippen LogP contribution in [0.2, 0.25) is 0 Å². The summed E-state index contributed by atoms with van der Waals surface area (Å²) in [7, 11) is 2.29. The van der Waals surface area contributed by atoms with Crippen molar-refractivity contribution < 1.29 is 0 Å². The van der Waals surface area contributed by atoms with Gasteiger partial charge in [-0.3, -0.25) is 0 Å². The van der Waals surface area contributed by atoms with Gasteiger partial charge in [-0.25, -0.2) is 0 Å². The molecule has 0 saturated heterocycles. The van der Waals surface area contributed by atoms with E-state index in [0.717, 1.165) is 29.6 Å². The van der Waals surface area contributed by atoms with Crippen LogP contribution < -0.4 is 0 Å². The Kier molecular flexibility index (Phi) is 12.3. The maximum Gasteiger partial charge on any atom is 0.00694 e. The summed E-state index contributed by atoms with van der Waals surface area (Å²) in [6.07, 6.45) is 2.63. The Morgan fingerprint density at radius 3 is 1.75 bits per heavy atom. The first-order chi connectivity index (χ1) is 11.0. The Morgan fingerprint density at radius 2 is 1.29 bits per heavy atom. The van der Waals surface area contributed by atoms with Gasteiger partial charge in [0.05, 0.1) is 0 Å². The van der Waals surface area contributed by atoms with Gasteiger partial charge in [-0.2, -0.15) is 0 Å². The molecule has 0 aliphatic carbocycles. The molecule has 0 rings (SSSR count). The lowest BCUT2D eigenvalue weighted by molar-refractivity contribution is 0.148. The van der Waals surface area contributed by atoms with Crippen LogP contribution >= 0.6 is 0 Å². The summed E-state index contributed by atoms with van der Waals surface area (Å²) in [6.45, 7) is 26.2. The molecule has 0 N–H and O–H groups in total. The second kappa shape index (κ2) is 12.3. The van der Waals surface area contributed by atoms with Gasteiger partial charge in [0.25, 0.3) is 0 Å². The van der Waals surface area contributed by atoms with Crippen LogP contribution in [-0.2, 0) is 0 Å². The van der Waals surface area contributed by atoms with Crippen molar-refractivity contribution in [3.8, 4) is 0 Å². The van der Waals surface area contributed by atoms with Gasteiger partial charge < -0.3 is 9.80 Å². The number of hydrogen-bond acceptors (Lipinski definition) is 2. The highest BCUT2D eigenvalue weighted by Crippen LogP contribution is 2.17. The highest BCUT2D eigenvalue weighted by atomic mass is 15.2. The molecule has 146 valence electrons. The van der Waals surface area contributed by atoms with E-state index in [-0.39, 0.29) is 0 Å². The standard InChI is InChI=1S/C22H48N2/c1-17(2)13-22(9)24(14-18(3)4)12-11-20(7)15-23(10)16-21(8)19(5)6/h17-22H,11-16H2,1-10H3. The van der Waals surface area contributed by atoms with Crippen LogP contribution in [0.5, 0.6) is 0 Å². The molecule has 0 aliphatic rings. The third-order valence-electron chi connectivity index (χ3n) is 5.31. The van der Waals surface area contributed by atoms with E-state index >= 15 is 0 Å². The second-order valence-electron chi connectivity index (χ2n) is 9.70. The fraction of sp³-hybridized carbons (Fsp3) is 1.00. The van der Waals surface area contributed by atoms with Crippen molar-refractivity contribution in [1.29, 1.82) is 0 Å². The Morgan fingerprint density at radius 1 is 0.708 bits per heavy atom. The summed E-state index contributed by atoms with van der Waals surface area (Å²) in [6, 6.07) is 0.707. The predicted octanol–water partition coefficient (Wildman–Crippen LogP) is 5.63. The van der Waals surface area contributed by atoms with E-state index in [4.69, 9.17) is 0 Å². The van der Waals surface area contributed by atoms with Crippen molar-refractivity contribution in [3.05, 3.63) is 0 Å². The van der Waals surface area contributed by atoms with Crippen molar-refractivity contribution in [2.24, 2.45) is 29.6 Å². The Hall–Kier alpha value is -0.0800. The highest BCUT2D eigenvalue weighted by molar-refractivity contribution is 4.72. The molecule has 0 amide bonds. The summed E-state index contributed by atoms with van der Waals surface area (Å²) in [5.41, 5.74) is 0. The molecule has 0 aromatic carbocycles. The maximum atomic E-state index is 2.73. The van der Waals surface area contributed by atoms with E-state index in [2.05, 4.69) is 79.2 Å². The van der Waals surface area contributed by atoms with Crippen LogP contribution in [0.25, 0.3) is 0 Å². The zero-order valence-corrected chi connectivity index (χ0v) is 18.6. The number of nitrogens with zero attached hydrogens (tertiary/aromatic N) is 2. The van der Waals surface area contributed by atoms with Crippen molar-refractivity contribution in [3.63, 3.8) is 0 Å². The second-order valence-corrected chi connectivity index (χ2v) is 9.70. The molecule has 0 saturated carbocycles. The molecule has 0 radical (unpaired) electrons. The van der Waals surface area contributed by atoms with E-state index < -0.39 is 0 Å². The monoisotopic (exact) mass is 340 g/mol. The molecule has 0 bridgehead atoms. The van der Waals surface area contributed by atoms with Crippen LogP contribution in [0.3, 0.4) is 0 Å². The van der Waals surface area contributed by atoms with Gasteiger partial charge in [0.2, 0.25) is 0 Å². The lowest BCUT2D eigenvalue weighted by Crippen LogP contribution is -2.39. The molecule has 2 nitrogen and oxygen atoms in total. The van der Waals surface area contributed by atoms with Crippen LogP contribution in [0, 0.1) is 29.6 Å². The zero-order chi connectivity index (χ0) is 18.9. The molecule has 0 aliphatic heterocycles. The summed E-state index contributed by atoms with van der Waals surface area (Å²) in [5.74, 6) is 3.88. The third kappa shape index (κ3) is 11.5. The average molecular weight is 341 g/mol. The molecule has 0 fully saturated rings. The van der Waals surface area contributed by atoms with Crippen molar-refractivity contribution in [2.45, 2.75) is 81.2 Å². The lowest BCUT2D eigenvalue weighted by atomic mass is 9.97. The maximum absolute atomic E-state index is 2.73. The van der Waals surface area contributed by atoms with Gasteiger partial charge >= 0.3 is 0 Å². The topological polar surface area (TPSA) is 6.48 Å². The van der Waals surface area contributed by atoms with Gasteiger partial charge in [0.1, 0.15) is 0 Å². The van der Waals surface area contributed by atoms with E-state index in [1.165, 1.54) is 39.0 Å². The number of hydrogen-bond donors (Lipinski definition) is 0. The SMILES string of the molecule is CC(C)CC(C)N(CCC(C)CN(C)CC(C)C(C)C)CC(C)C.